The first-order valence-corrected chi connectivity index (χ1v) is 9.79. The van der Waals surface area contributed by atoms with Gasteiger partial charge < -0.3 is 16.8 Å². The summed E-state index contributed by atoms with van der Waals surface area (Å²) in [5, 5.41) is 24.2. The summed E-state index contributed by atoms with van der Waals surface area (Å²) in [5.74, 6) is -1.37. The van der Waals surface area contributed by atoms with E-state index in [4.69, 9.17) is 16.0 Å². The molecule has 2 amide bonds. The van der Waals surface area contributed by atoms with E-state index in [0.29, 0.717) is 11.3 Å². The van der Waals surface area contributed by atoms with E-state index < -0.39 is 17.4 Å². The average Bonchev–Trinajstić information content (AvgIpc) is 3.09. The Bertz CT molecular complexity index is 1360. The maximum absolute atomic E-state index is 12.3. The molecule has 3 rings (SSSR count). The van der Waals surface area contributed by atoms with Crippen molar-refractivity contribution < 1.29 is 18.8 Å². The van der Waals surface area contributed by atoms with Gasteiger partial charge >= 0.3 is 11.3 Å². The number of nitrogen functional groups attached to an aromatic ring is 1. The Labute approximate surface area is 184 Å². The fraction of sp³-hybridized carbons (Fsp3) is 0.105. The Morgan fingerprint density at radius 1 is 1.25 bits per heavy atom. The van der Waals surface area contributed by atoms with Crippen LogP contribution in [0.3, 0.4) is 0 Å². The van der Waals surface area contributed by atoms with Crippen LogP contribution in [0.4, 0.5) is 11.5 Å². The summed E-state index contributed by atoms with van der Waals surface area (Å²) in [6.07, 6.45) is 0. The number of nitrogens with zero attached hydrogens (tertiary/aromatic N) is 4. The number of aromatic amines is 1. The van der Waals surface area contributed by atoms with Crippen LogP contribution >= 0.6 is 11.8 Å². The smallest absolute Gasteiger partial charge is 0.383 e. The first-order valence-electron chi connectivity index (χ1n) is 8.80. The number of nitrogens with one attached hydrogen (secondary N) is 2. The van der Waals surface area contributed by atoms with Gasteiger partial charge in [0.05, 0.1) is 11.3 Å². The van der Waals surface area contributed by atoms with E-state index in [1.165, 1.54) is 36.0 Å². The SMILES string of the molecule is C[n+]1[nH]oc(=O)c1-c1c(C#N)c(N)nc(SCC(=O)Nc2ccc(C(N)=O)cc2)c1C#N. The van der Waals surface area contributed by atoms with Gasteiger partial charge in [0.2, 0.25) is 11.8 Å². The standard InChI is InChI=1S/C19H14N8O4S/c1-27-15(19(30)31-26-27)14-11(6-20)16(22)25-18(12(14)7-21)32-8-13(28)24-10-4-2-9(3-5-10)17(23)29/h2-5H,8H2,1H3,(H5-,22,23,24,25,26,28,29,30)/p+1. The number of hydrogen-bond acceptors (Lipinski definition) is 9. The third kappa shape index (κ3) is 4.28. The molecule has 0 saturated carbocycles. The molecule has 6 N–H and O–H groups in total. The number of primary amides is 1. The van der Waals surface area contributed by atoms with Gasteiger partial charge in [0.25, 0.3) is 0 Å². The Morgan fingerprint density at radius 2 is 1.91 bits per heavy atom. The molecule has 32 heavy (non-hydrogen) atoms. The van der Waals surface area contributed by atoms with Crippen LogP contribution in [0.5, 0.6) is 0 Å². The fourth-order valence-corrected chi connectivity index (χ4v) is 3.59. The van der Waals surface area contributed by atoms with Gasteiger partial charge in [-0.05, 0) is 29.5 Å². The lowest BCUT2D eigenvalue weighted by atomic mass is 10.0. The molecule has 0 saturated heterocycles. The first-order chi connectivity index (χ1) is 15.3. The number of anilines is 2. The Morgan fingerprint density at radius 3 is 2.44 bits per heavy atom. The largest absolute Gasteiger partial charge is 0.435 e. The van der Waals surface area contributed by atoms with Gasteiger partial charge in [0.1, 0.15) is 34.1 Å². The van der Waals surface area contributed by atoms with Crippen molar-refractivity contribution >= 4 is 35.1 Å². The van der Waals surface area contributed by atoms with Crippen molar-refractivity contribution in [1.29, 1.82) is 10.5 Å². The number of H-pyrrole nitrogens is 1. The number of nitriles is 2. The predicted octanol–water partition coefficient (Wildman–Crippen LogP) is 0.00966. The summed E-state index contributed by atoms with van der Waals surface area (Å²) in [5.41, 5.74) is 10.6. The molecule has 0 atom stereocenters. The number of thioether (sulfide) groups is 1. The highest BCUT2D eigenvalue weighted by Crippen LogP contribution is 2.33. The summed E-state index contributed by atoms with van der Waals surface area (Å²) < 4.78 is 5.92. The van der Waals surface area contributed by atoms with E-state index in [1.54, 1.807) is 0 Å². The van der Waals surface area contributed by atoms with Crippen LogP contribution in [-0.4, -0.2) is 27.8 Å². The van der Waals surface area contributed by atoms with Crippen molar-refractivity contribution in [3.63, 3.8) is 0 Å². The van der Waals surface area contributed by atoms with Gasteiger partial charge in [-0.15, -0.1) is 0 Å². The number of amides is 2. The predicted molar refractivity (Wildman–Crippen MR) is 112 cm³/mol. The Balaban J connectivity index is 1.90. The number of carbonyl (C=O) groups excluding carboxylic acids is 2. The molecule has 0 radical (unpaired) electrons. The number of aryl methyl sites for hydroxylation is 1. The molecule has 2 aromatic heterocycles. The van der Waals surface area contributed by atoms with Crippen molar-refractivity contribution in [3.8, 4) is 23.4 Å². The maximum Gasteiger partial charge on any atom is 0.435 e. The molecular formula is C19H15N8O4S+. The fourth-order valence-electron chi connectivity index (χ4n) is 2.80. The Kier molecular flexibility index (Phi) is 6.23. The van der Waals surface area contributed by atoms with E-state index in [-0.39, 0.29) is 39.0 Å². The molecule has 2 heterocycles. The summed E-state index contributed by atoms with van der Waals surface area (Å²) in [7, 11) is 1.46. The Hall–Kier alpha value is -4.62. The van der Waals surface area contributed by atoms with Gasteiger partial charge in [-0.3, -0.25) is 14.1 Å². The lowest BCUT2D eigenvalue weighted by Gasteiger charge is -2.10. The summed E-state index contributed by atoms with van der Waals surface area (Å²) in [6, 6.07) is 9.75. The van der Waals surface area contributed by atoms with Gasteiger partial charge in [0.15, 0.2) is 7.05 Å². The molecule has 0 spiro atoms. The van der Waals surface area contributed by atoms with E-state index in [9.17, 15) is 24.9 Å². The normalized spacial score (nSPS) is 10.2. The van der Waals surface area contributed by atoms with E-state index >= 15 is 0 Å². The van der Waals surface area contributed by atoms with E-state index in [2.05, 4.69) is 15.6 Å². The second kappa shape index (κ2) is 9.03. The number of pyridine rings is 1. The van der Waals surface area contributed by atoms with Crippen LogP contribution in [0, 0.1) is 22.7 Å². The number of carbonyl (C=O) groups is 2. The molecule has 0 aliphatic carbocycles. The number of aromatic nitrogens is 3. The van der Waals surface area contributed by atoms with Crippen molar-refractivity contribution in [2.75, 3.05) is 16.8 Å². The second-order valence-electron chi connectivity index (χ2n) is 6.32. The molecule has 0 bridgehead atoms. The molecule has 0 aliphatic heterocycles. The van der Waals surface area contributed by atoms with Crippen LogP contribution in [-0.2, 0) is 11.8 Å². The van der Waals surface area contributed by atoms with Crippen LogP contribution in [0.2, 0.25) is 0 Å². The summed E-state index contributed by atoms with van der Waals surface area (Å²) >= 11 is 0.902. The van der Waals surface area contributed by atoms with E-state index in [1.807, 2.05) is 12.1 Å². The highest BCUT2D eigenvalue weighted by atomic mass is 32.2. The van der Waals surface area contributed by atoms with Gasteiger partial charge in [-0.1, -0.05) is 16.4 Å². The molecule has 160 valence electrons. The number of benzene rings is 1. The third-order valence-electron chi connectivity index (χ3n) is 4.25. The lowest BCUT2D eigenvalue weighted by molar-refractivity contribution is -0.730. The minimum absolute atomic E-state index is 0.0371. The molecule has 3 aromatic rings. The van der Waals surface area contributed by atoms with Crippen molar-refractivity contribution in [3.05, 3.63) is 51.4 Å². The van der Waals surface area contributed by atoms with E-state index in [0.717, 1.165) is 11.8 Å². The van der Waals surface area contributed by atoms with Crippen LogP contribution < -0.4 is 27.1 Å². The zero-order valence-electron chi connectivity index (χ0n) is 16.5. The lowest BCUT2D eigenvalue weighted by Crippen LogP contribution is -2.34. The quantitative estimate of drug-likeness (QED) is 0.293. The zero-order valence-corrected chi connectivity index (χ0v) is 17.3. The topological polar surface area (TPSA) is 209 Å². The maximum atomic E-state index is 12.3. The second-order valence-corrected chi connectivity index (χ2v) is 7.28. The minimum Gasteiger partial charge on any atom is -0.383 e. The van der Waals surface area contributed by atoms with Crippen molar-refractivity contribution in [1.82, 2.24) is 10.3 Å². The average molecular weight is 451 g/mol. The summed E-state index contributed by atoms with van der Waals surface area (Å²) in [4.78, 5) is 39.7. The number of hydrogen-bond donors (Lipinski definition) is 4. The molecule has 1 aromatic carbocycles. The highest BCUT2D eigenvalue weighted by molar-refractivity contribution is 8.00. The zero-order chi connectivity index (χ0) is 23.4. The third-order valence-corrected chi connectivity index (χ3v) is 5.22. The van der Waals surface area contributed by atoms with Crippen LogP contribution in [0.15, 0.2) is 38.6 Å². The first kappa shape index (κ1) is 22.1. The highest BCUT2D eigenvalue weighted by Gasteiger charge is 2.31. The molecule has 0 unspecified atom stereocenters. The number of rotatable bonds is 6. The van der Waals surface area contributed by atoms with Gasteiger partial charge in [-0.2, -0.15) is 10.5 Å². The minimum atomic E-state index is -0.806. The molecular weight excluding hydrogens is 436 g/mol. The van der Waals surface area contributed by atoms with Crippen molar-refractivity contribution in [2.24, 2.45) is 12.8 Å². The van der Waals surface area contributed by atoms with Crippen molar-refractivity contribution in [2.45, 2.75) is 5.03 Å². The van der Waals surface area contributed by atoms with Crippen LogP contribution in [0.25, 0.3) is 11.3 Å². The monoisotopic (exact) mass is 451 g/mol. The molecule has 12 nitrogen and oxygen atoms in total. The molecule has 0 fully saturated rings. The van der Waals surface area contributed by atoms with Gasteiger partial charge in [-0.25, -0.2) is 9.78 Å². The molecule has 0 aliphatic rings. The number of nitrogens with two attached hydrogens (primary N) is 2. The molecule has 13 heteroatoms. The van der Waals surface area contributed by atoms with Crippen LogP contribution in [0.1, 0.15) is 21.5 Å². The van der Waals surface area contributed by atoms with Gasteiger partial charge in [0, 0.05) is 11.3 Å². The summed E-state index contributed by atoms with van der Waals surface area (Å²) in [6.45, 7) is 0.